The second-order valence-electron chi connectivity index (χ2n) is 7.37. The van der Waals surface area contributed by atoms with Gasteiger partial charge in [0.15, 0.2) is 0 Å². The standard InChI is InChI=1S/C19H24F2N6O2/c20-14-2-1-3-15(21)13(14)10-24-19-25-16(17(27(28)29)18(23)26-19)8-11-4-6-12(9-22)7-5-11/h1-3,11-12H,4-10,22H2,(H3,23,24,25,26). The van der Waals surface area contributed by atoms with Crippen LogP contribution in [0.1, 0.15) is 36.9 Å². The predicted octanol–water partition coefficient (Wildman–Crippen LogP) is 3.16. The normalized spacial score (nSPS) is 19.1. The first-order valence-electron chi connectivity index (χ1n) is 9.56. The van der Waals surface area contributed by atoms with Gasteiger partial charge in [-0.1, -0.05) is 6.07 Å². The summed E-state index contributed by atoms with van der Waals surface area (Å²) < 4.78 is 27.6. The molecular formula is C19H24F2N6O2. The second kappa shape index (κ2) is 9.08. The minimum absolute atomic E-state index is 0.00129. The van der Waals surface area contributed by atoms with Gasteiger partial charge in [0.05, 0.1) is 4.92 Å². The molecule has 3 rings (SSSR count). The Morgan fingerprint density at radius 2 is 1.76 bits per heavy atom. The molecule has 0 amide bonds. The van der Waals surface area contributed by atoms with Gasteiger partial charge in [0.25, 0.3) is 0 Å². The highest BCUT2D eigenvalue weighted by Crippen LogP contribution is 2.34. The summed E-state index contributed by atoms with van der Waals surface area (Å²) in [5.41, 5.74) is 11.3. The topological polar surface area (TPSA) is 133 Å². The number of nitrogens with zero attached hydrogens (tertiary/aromatic N) is 3. The van der Waals surface area contributed by atoms with Crippen molar-refractivity contribution in [1.29, 1.82) is 0 Å². The van der Waals surface area contributed by atoms with Crippen LogP contribution in [0.4, 0.5) is 26.2 Å². The van der Waals surface area contributed by atoms with Gasteiger partial charge in [0.2, 0.25) is 11.8 Å². The first-order valence-corrected chi connectivity index (χ1v) is 9.56. The van der Waals surface area contributed by atoms with E-state index < -0.39 is 16.6 Å². The number of anilines is 2. The van der Waals surface area contributed by atoms with Crippen LogP contribution in [-0.4, -0.2) is 21.4 Å². The van der Waals surface area contributed by atoms with Crippen molar-refractivity contribution >= 4 is 17.5 Å². The third-order valence-electron chi connectivity index (χ3n) is 5.43. The number of hydrogen-bond acceptors (Lipinski definition) is 7. The summed E-state index contributed by atoms with van der Waals surface area (Å²) in [5.74, 6) is -0.950. The number of halogens is 2. The van der Waals surface area contributed by atoms with Gasteiger partial charge in [0.1, 0.15) is 17.3 Å². The van der Waals surface area contributed by atoms with Crippen LogP contribution in [-0.2, 0) is 13.0 Å². The fourth-order valence-corrected chi connectivity index (χ4v) is 3.75. The van der Waals surface area contributed by atoms with Gasteiger partial charge in [-0.05, 0) is 62.6 Å². The van der Waals surface area contributed by atoms with Crippen molar-refractivity contribution in [1.82, 2.24) is 9.97 Å². The predicted molar refractivity (Wildman–Crippen MR) is 105 cm³/mol. The number of nitrogens with one attached hydrogen (secondary N) is 1. The summed E-state index contributed by atoms with van der Waals surface area (Å²) in [4.78, 5) is 19.0. The molecule has 29 heavy (non-hydrogen) atoms. The van der Waals surface area contributed by atoms with Crippen LogP contribution in [0.15, 0.2) is 18.2 Å². The maximum Gasteiger partial charge on any atom is 0.332 e. The summed E-state index contributed by atoms with van der Waals surface area (Å²) in [5, 5.41) is 14.2. The summed E-state index contributed by atoms with van der Waals surface area (Å²) >= 11 is 0. The van der Waals surface area contributed by atoms with E-state index in [1.807, 2.05) is 0 Å². The van der Waals surface area contributed by atoms with Crippen LogP contribution >= 0.6 is 0 Å². The van der Waals surface area contributed by atoms with E-state index in [2.05, 4.69) is 15.3 Å². The number of hydrogen-bond donors (Lipinski definition) is 3. The van der Waals surface area contributed by atoms with E-state index >= 15 is 0 Å². The lowest BCUT2D eigenvalue weighted by Gasteiger charge is -2.27. The Kier molecular flexibility index (Phi) is 6.53. The van der Waals surface area contributed by atoms with Crippen molar-refractivity contribution in [3.63, 3.8) is 0 Å². The molecule has 0 radical (unpaired) electrons. The molecular weight excluding hydrogens is 382 g/mol. The van der Waals surface area contributed by atoms with E-state index in [1.165, 1.54) is 6.07 Å². The monoisotopic (exact) mass is 406 g/mol. The zero-order chi connectivity index (χ0) is 21.0. The third kappa shape index (κ3) is 4.94. The second-order valence-corrected chi connectivity index (χ2v) is 7.37. The molecule has 0 saturated heterocycles. The lowest BCUT2D eigenvalue weighted by atomic mass is 9.80. The van der Waals surface area contributed by atoms with Gasteiger partial charge in [-0.15, -0.1) is 0 Å². The highest BCUT2D eigenvalue weighted by molar-refractivity contribution is 5.58. The Bertz CT molecular complexity index is 867. The van der Waals surface area contributed by atoms with Crippen molar-refractivity contribution in [3.8, 4) is 0 Å². The van der Waals surface area contributed by atoms with Gasteiger partial charge in [-0.2, -0.15) is 4.98 Å². The molecule has 1 fully saturated rings. The summed E-state index contributed by atoms with van der Waals surface area (Å²) in [6, 6.07) is 3.56. The van der Waals surface area contributed by atoms with Crippen LogP contribution in [0.3, 0.4) is 0 Å². The quantitative estimate of drug-likeness (QED) is 0.475. The molecule has 1 saturated carbocycles. The Morgan fingerprint density at radius 3 is 2.34 bits per heavy atom. The van der Waals surface area contributed by atoms with E-state index in [0.717, 1.165) is 37.8 Å². The largest absolute Gasteiger partial charge is 0.378 e. The number of aromatic nitrogens is 2. The van der Waals surface area contributed by atoms with Gasteiger partial charge < -0.3 is 16.8 Å². The van der Waals surface area contributed by atoms with Crippen LogP contribution in [0.25, 0.3) is 0 Å². The molecule has 1 aromatic heterocycles. The Balaban J connectivity index is 1.80. The first-order chi connectivity index (χ1) is 13.9. The number of nitrogens with two attached hydrogens (primary N) is 2. The van der Waals surface area contributed by atoms with E-state index in [9.17, 15) is 18.9 Å². The van der Waals surface area contributed by atoms with E-state index in [1.54, 1.807) is 0 Å². The number of benzene rings is 1. The van der Waals surface area contributed by atoms with Crippen LogP contribution in [0.5, 0.6) is 0 Å². The molecule has 1 heterocycles. The lowest BCUT2D eigenvalue weighted by molar-refractivity contribution is -0.385. The molecule has 0 atom stereocenters. The third-order valence-corrected chi connectivity index (χ3v) is 5.43. The van der Waals surface area contributed by atoms with Crippen LogP contribution in [0.2, 0.25) is 0 Å². The highest BCUT2D eigenvalue weighted by atomic mass is 19.1. The molecule has 1 aliphatic rings. The zero-order valence-electron chi connectivity index (χ0n) is 15.9. The van der Waals surface area contributed by atoms with Gasteiger partial charge in [-0.25, -0.2) is 13.8 Å². The molecule has 0 aliphatic heterocycles. The van der Waals surface area contributed by atoms with Crippen LogP contribution in [0, 0.1) is 33.6 Å². The van der Waals surface area contributed by atoms with Gasteiger partial charge in [0, 0.05) is 12.1 Å². The fourth-order valence-electron chi connectivity index (χ4n) is 3.75. The number of nitrogen functional groups attached to an aromatic ring is 1. The minimum atomic E-state index is -0.704. The van der Waals surface area contributed by atoms with E-state index in [4.69, 9.17) is 11.5 Å². The van der Waals surface area contributed by atoms with Crippen molar-refractivity contribution in [3.05, 3.63) is 51.2 Å². The molecule has 0 bridgehead atoms. The molecule has 2 aromatic rings. The van der Waals surface area contributed by atoms with Gasteiger partial charge >= 0.3 is 5.69 Å². The van der Waals surface area contributed by atoms with Crippen molar-refractivity contribution < 1.29 is 13.7 Å². The molecule has 0 unspecified atom stereocenters. The number of nitro groups is 1. The van der Waals surface area contributed by atoms with E-state index in [-0.39, 0.29) is 41.2 Å². The summed E-state index contributed by atoms with van der Waals surface area (Å²) in [6.45, 7) is 0.435. The van der Waals surface area contributed by atoms with E-state index in [0.29, 0.717) is 18.9 Å². The molecule has 0 spiro atoms. The zero-order valence-corrected chi connectivity index (χ0v) is 15.9. The lowest BCUT2D eigenvalue weighted by Crippen LogP contribution is -2.23. The van der Waals surface area contributed by atoms with Crippen LogP contribution < -0.4 is 16.8 Å². The molecule has 10 heteroatoms. The maximum absolute atomic E-state index is 13.8. The molecule has 1 aromatic carbocycles. The molecule has 1 aliphatic carbocycles. The number of rotatable bonds is 7. The molecule has 8 nitrogen and oxygen atoms in total. The average molecular weight is 406 g/mol. The minimum Gasteiger partial charge on any atom is -0.378 e. The Morgan fingerprint density at radius 1 is 1.14 bits per heavy atom. The van der Waals surface area contributed by atoms with Crippen molar-refractivity contribution in [2.75, 3.05) is 17.6 Å². The first kappa shape index (κ1) is 20.8. The van der Waals surface area contributed by atoms with Crippen molar-refractivity contribution in [2.24, 2.45) is 17.6 Å². The SMILES string of the molecule is NCC1CCC(Cc2nc(NCc3c(F)cccc3F)nc(N)c2[N+](=O)[O-])CC1. The molecule has 5 N–H and O–H groups in total. The smallest absolute Gasteiger partial charge is 0.332 e. The fraction of sp³-hybridized carbons (Fsp3) is 0.474. The maximum atomic E-state index is 13.8. The van der Waals surface area contributed by atoms with Crippen molar-refractivity contribution in [2.45, 2.75) is 38.6 Å². The Labute approximate surface area is 166 Å². The molecule has 156 valence electrons. The average Bonchev–Trinajstić information content (AvgIpc) is 2.67. The highest BCUT2D eigenvalue weighted by Gasteiger charge is 2.28. The summed E-state index contributed by atoms with van der Waals surface area (Å²) in [6.07, 6.45) is 4.17. The van der Waals surface area contributed by atoms with Gasteiger partial charge in [-0.3, -0.25) is 10.1 Å². The summed E-state index contributed by atoms with van der Waals surface area (Å²) in [7, 11) is 0. The Hall–Kier alpha value is -2.88.